The molecule has 0 saturated heterocycles. The number of amides is 1. The molecule has 3 aromatic rings. The number of aromatic hydroxyl groups is 1. The van der Waals surface area contributed by atoms with Gasteiger partial charge >= 0.3 is 0 Å². The number of fused-ring (bicyclic) bond motifs is 1. The van der Waals surface area contributed by atoms with Crippen LogP contribution in [0.5, 0.6) is 17.2 Å². The van der Waals surface area contributed by atoms with Gasteiger partial charge in [0.2, 0.25) is 11.7 Å². The van der Waals surface area contributed by atoms with E-state index in [4.69, 9.17) is 14.0 Å². The van der Waals surface area contributed by atoms with Crippen LogP contribution in [0.4, 0.5) is 0 Å². The van der Waals surface area contributed by atoms with Crippen LogP contribution in [0.15, 0.2) is 47.0 Å². The summed E-state index contributed by atoms with van der Waals surface area (Å²) in [5.74, 6) is 0.583. The third kappa shape index (κ3) is 4.88. The summed E-state index contributed by atoms with van der Waals surface area (Å²) in [5.41, 5.74) is 0.305. The molecule has 2 heterocycles. The average molecular weight is 437 g/mol. The first kappa shape index (κ1) is 21.4. The molecule has 0 aliphatic carbocycles. The number of ether oxygens (including phenoxy) is 2. The fourth-order valence-corrected chi connectivity index (χ4v) is 3.40. The Bertz CT molecular complexity index is 1140. The number of hydrogen-bond acceptors (Lipinski definition) is 8. The number of phenolic OH excluding ortho intramolecular Hbond substituents is 1. The minimum atomic E-state index is -0.679. The van der Waals surface area contributed by atoms with Crippen molar-refractivity contribution >= 4 is 11.7 Å². The summed E-state index contributed by atoms with van der Waals surface area (Å²) in [7, 11) is 0. The van der Waals surface area contributed by atoms with Crippen LogP contribution in [0.3, 0.4) is 0 Å². The number of rotatable bonds is 7. The highest BCUT2D eigenvalue weighted by atomic mass is 16.5. The third-order valence-electron chi connectivity index (χ3n) is 4.84. The van der Waals surface area contributed by atoms with Gasteiger partial charge in [0, 0.05) is 30.7 Å². The topological polar surface area (TPSA) is 124 Å². The number of nitrogens with one attached hydrogen (secondary N) is 1. The van der Waals surface area contributed by atoms with Crippen LogP contribution in [0, 0.1) is 0 Å². The summed E-state index contributed by atoms with van der Waals surface area (Å²) in [6, 6.07) is 12.3. The second-order valence-corrected chi connectivity index (χ2v) is 8.04. The Morgan fingerprint density at radius 3 is 2.81 bits per heavy atom. The molecule has 1 aromatic heterocycles. The Kier molecular flexibility index (Phi) is 5.81. The summed E-state index contributed by atoms with van der Waals surface area (Å²) in [6.45, 7) is 3.60. The van der Waals surface area contributed by atoms with Gasteiger partial charge < -0.3 is 24.4 Å². The Hall–Kier alpha value is -3.88. The third-order valence-corrected chi connectivity index (χ3v) is 4.84. The van der Waals surface area contributed by atoms with Crippen molar-refractivity contribution in [1.29, 1.82) is 0 Å². The molecule has 0 bridgehead atoms. The highest BCUT2D eigenvalue weighted by Gasteiger charge is 2.35. The Morgan fingerprint density at radius 1 is 1.25 bits per heavy atom. The lowest BCUT2D eigenvalue weighted by Gasteiger charge is -2.32. The van der Waals surface area contributed by atoms with Gasteiger partial charge in [-0.1, -0.05) is 35.5 Å². The van der Waals surface area contributed by atoms with E-state index in [1.165, 1.54) is 12.1 Å². The van der Waals surface area contributed by atoms with Crippen LogP contribution in [0.25, 0.3) is 11.4 Å². The quantitative estimate of drug-likeness (QED) is 0.578. The zero-order chi connectivity index (χ0) is 22.7. The standard InChI is InChI=1S/C23H23N3O6/c1-23(2)12-17(28)21-16(27)10-15(11-18(21)31-23)30-13-19(29)24-9-8-20-25-22(26-32-20)14-6-4-3-5-7-14/h3-7,10-11,27H,8-9,12-13H2,1-2H3,(H,24,29). The van der Waals surface area contributed by atoms with E-state index < -0.39 is 5.60 Å². The molecule has 4 rings (SSSR count). The van der Waals surface area contributed by atoms with Crippen molar-refractivity contribution in [3.8, 4) is 28.6 Å². The van der Waals surface area contributed by atoms with Gasteiger partial charge in [-0.25, -0.2) is 0 Å². The van der Waals surface area contributed by atoms with Crippen LogP contribution in [-0.2, 0) is 11.2 Å². The largest absolute Gasteiger partial charge is 0.507 e. The second kappa shape index (κ2) is 8.70. The van der Waals surface area contributed by atoms with E-state index in [9.17, 15) is 14.7 Å². The highest BCUT2D eigenvalue weighted by Crippen LogP contribution is 2.40. The fraction of sp³-hybridized carbons (Fsp3) is 0.304. The molecular weight excluding hydrogens is 414 g/mol. The van der Waals surface area contributed by atoms with E-state index in [1.54, 1.807) is 13.8 Å². The Labute approximate surface area is 184 Å². The van der Waals surface area contributed by atoms with E-state index in [0.29, 0.717) is 24.7 Å². The molecule has 0 unspecified atom stereocenters. The van der Waals surface area contributed by atoms with Gasteiger partial charge in [-0.2, -0.15) is 4.98 Å². The molecule has 2 aromatic carbocycles. The molecule has 1 aliphatic rings. The smallest absolute Gasteiger partial charge is 0.257 e. The summed E-state index contributed by atoms with van der Waals surface area (Å²) in [5, 5.41) is 16.8. The predicted octanol–water partition coefficient (Wildman–Crippen LogP) is 2.92. The number of ketones is 1. The molecule has 9 heteroatoms. The lowest BCUT2D eigenvalue weighted by atomic mass is 9.92. The van der Waals surface area contributed by atoms with Gasteiger partial charge in [0.05, 0.1) is 6.42 Å². The molecule has 166 valence electrons. The van der Waals surface area contributed by atoms with E-state index in [2.05, 4.69) is 15.5 Å². The Morgan fingerprint density at radius 2 is 2.03 bits per heavy atom. The van der Waals surface area contributed by atoms with Crippen molar-refractivity contribution in [2.45, 2.75) is 32.3 Å². The molecular formula is C23H23N3O6. The van der Waals surface area contributed by atoms with Gasteiger partial charge in [0.1, 0.15) is 28.4 Å². The van der Waals surface area contributed by atoms with Crippen molar-refractivity contribution in [2.24, 2.45) is 0 Å². The van der Waals surface area contributed by atoms with E-state index in [1.807, 2.05) is 30.3 Å². The SMILES string of the molecule is CC1(C)CC(=O)c2c(O)cc(OCC(=O)NCCc3nc(-c4ccccc4)no3)cc2O1. The number of carbonyl (C=O) groups is 2. The maximum Gasteiger partial charge on any atom is 0.257 e. The molecule has 32 heavy (non-hydrogen) atoms. The molecule has 9 nitrogen and oxygen atoms in total. The number of phenols is 1. The van der Waals surface area contributed by atoms with Crippen LogP contribution in [0.1, 0.15) is 36.5 Å². The Balaban J connectivity index is 1.28. The predicted molar refractivity (Wildman–Crippen MR) is 114 cm³/mol. The first-order valence-electron chi connectivity index (χ1n) is 10.2. The van der Waals surface area contributed by atoms with E-state index in [-0.39, 0.29) is 47.5 Å². The lowest BCUT2D eigenvalue weighted by Crippen LogP contribution is -2.36. The maximum absolute atomic E-state index is 12.3. The van der Waals surface area contributed by atoms with Crippen LogP contribution in [-0.4, -0.2) is 45.7 Å². The molecule has 0 spiro atoms. The van der Waals surface area contributed by atoms with Crippen molar-refractivity contribution in [1.82, 2.24) is 15.5 Å². The minimum Gasteiger partial charge on any atom is -0.507 e. The van der Waals surface area contributed by atoms with Gasteiger partial charge in [-0.15, -0.1) is 0 Å². The molecule has 0 radical (unpaired) electrons. The van der Waals surface area contributed by atoms with Crippen molar-refractivity contribution in [3.63, 3.8) is 0 Å². The minimum absolute atomic E-state index is 0.135. The molecule has 0 saturated carbocycles. The molecule has 1 amide bonds. The van der Waals surface area contributed by atoms with Gasteiger partial charge in [0.15, 0.2) is 12.4 Å². The van der Waals surface area contributed by atoms with Crippen LogP contribution >= 0.6 is 0 Å². The van der Waals surface area contributed by atoms with Gasteiger partial charge in [0.25, 0.3) is 5.91 Å². The van der Waals surface area contributed by atoms with Crippen LogP contribution < -0.4 is 14.8 Å². The number of nitrogens with zero attached hydrogens (tertiary/aromatic N) is 2. The molecule has 0 atom stereocenters. The molecule has 0 fully saturated rings. The normalized spacial score (nSPS) is 14.4. The summed E-state index contributed by atoms with van der Waals surface area (Å²) < 4.78 is 16.5. The fourth-order valence-electron chi connectivity index (χ4n) is 3.40. The second-order valence-electron chi connectivity index (χ2n) is 8.04. The van der Waals surface area contributed by atoms with Crippen molar-refractivity contribution in [2.75, 3.05) is 13.2 Å². The molecule has 1 aliphatic heterocycles. The summed E-state index contributed by atoms with van der Waals surface area (Å²) in [4.78, 5) is 28.7. The zero-order valence-corrected chi connectivity index (χ0v) is 17.8. The monoisotopic (exact) mass is 437 g/mol. The van der Waals surface area contributed by atoms with E-state index >= 15 is 0 Å². The highest BCUT2D eigenvalue weighted by molar-refractivity contribution is 6.03. The average Bonchev–Trinajstić information content (AvgIpc) is 3.20. The zero-order valence-electron chi connectivity index (χ0n) is 17.8. The van der Waals surface area contributed by atoms with Crippen molar-refractivity contribution < 1.29 is 28.7 Å². The first-order valence-corrected chi connectivity index (χ1v) is 10.2. The maximum atomic E-state index is 12.3. The number of aromatic nitrogens is 2. The number of Topliss-reactive ketones (excluding diaryl/α,β-unsaturated/α-hetero) is 1. The number of benzene rings is 2. The van der Waals surface area contributed by atoms with E-state index in [0.717, 1.165) is 5.56 Å². The van der Waals surface area contributed by atoms with Crippen LogP contribution in [0.2, 0.25) is 0 Å². The van der Waals surface area contributed by atoms with Gasteiger partial charge in [-0.3, -0.25) is 9.59 Å². The van der Waals surface area contributed by atoms with Crippen molar-refractivity contribution in [3.05, 3.63) is 53.9 Å². The van der Waals surface area contributed by atoms with Gasteiger partial charge in [-0.05, 0) is 13.8 Å². The summed E-state index contributed by atoms with van der Waals surface area (Å²) >= 11 is 0. The summed E-state index contributed by atoms with van der Waals surface area (Å²) in [6.07, 6.45) is 0.541. The number of hydrogen-bond donors (Lipinski definition) is 2. The lowest BCUT2D eigenvalue weighted by molar-refractivity contribution is -0.123. The molecule has 2 N–H and O–H groups in total. The number of carbonyl (C=O) groups excluding carboxylic acids is 2. The first-order chi connectivity index (χ1) is 15.3.